The normalized spacial score (nSPS) is 11.7. The number of hydrogen-bond donors (Lipinski definition) is 0. The summed E-state index contributed by atoms with van der Waals surface area (Å²) in [6, 6.07) is 81.3. The number of rotatable bonds is 6. The molecule has 0 saturated heterocycles. The number of nitrogens with zero attached hydrogens (tertiary/aromatic N) is 1. The zero-order chi connectivity index (χ0) is 39.6. The summed E-state index contributed by atoms with van der Waals surface area (Å²) in [4.78, 5) is 2.38. The van der Waals surface area contributed by atoms with Crippen LogP contribution in [0.1, 0.15) is 0 Å². The van der Waals surface area contributed by atoms with Crippen LogP contribution in [0, 0.1) is 0 Å². The van der Waals surface area contributed by atoms with E-state index >= 15 is 0 Å². The molecule has 0 saturated carbocycles. The van der Waals surface area contributed by atoms with E-state index in [0.717, 1.165) is 44.6 Å². The number of para-hydroxylation sites is 1. The van der Waals surface area contributed by atoms with Gasteiger partial charge in [0.2, 0.25) is 0 Å². The van der Waals surface area contributed by atoms with Gasteiger partial charge in [-0.05, 0) is 131 Å². The number of benzene rings is 11. The number of fused-ring (bicyclic) bond motifs is 10. The quantitative estimate of drug-likeness (QED) is 0.157. The second-order valence-corrected chi connectivity index (χ2v) is 15.6. The van der Waals surface area contributed by atoms with Crippen LogP contribution >= 0.6 is 0 Å². The molecular formula is C58H37NO. The van der Waals surface area contributed by atoms with Gasteiger partial charge in [0.05, 0.1) is 11.1 Å². The topological polar surface area (TPSA) is 16.4 Å². The summed E-state index contributed by atoms with van der Waals surface area (Å²) in [5, 5.41) is 12.4. The molecule has 60 heavy (non-hydrogen) atoms. The van der Waals surface area contributed by atoms with Gasteiger partial charge in [0, 0.05) is 16.8 Å². The highest BCUT2D eigenvalue weighted by atomic mass is 16.3. The van der Waals surface area contributed by atoms with E-state index in [0.29, 0.717) is 0 Å². The minimum Gasteiger partial charge on any atom is -0.456 e. The fourth-order valence-corrected chi connectivity index (χ4v) is 9.43. The number of furan rings is 1. The average molecular weight is 764 g/mol. The fourth-order valence-electron chi connectivity index (χ4n) is 9.43. The Morgan fingerprint density at radius 1 is 0.283 bits per heavy atom. The molecule has 0 aliphatic carbocycles. The Kier molecular flexibility index (Phi) is 7.89. The van der Waals surface area contributed by atoms with Gasteiger partial charge in [-0.25, -0.2) is 0 Å². The monoisotopic (exact) mass is 763 g/mol. The number of hydrogen-bond acceptors (Lipinski definition) is 2. The standard InChI is InChI=1S/C58H37NO/c1-2-19-46-39(13-1)14-11-25-47(46)43-17-9-15-40(35-43)41-16-10-18-45(36-41)59(55-26-12-28-57-58(55)53-24-7-8-27-56(53)60-57)44-32-29-38(30-33-44)42-31-34-52-50-22-4-3-20-48(50)49-21-5-6-23-51(49)54(52)37-42/h1-37H. The Balaban J connectivity index is 0.997. The first kappa shape index (κ1) is 34.1. The Morgan fingerprint density at radius 3 is 1.60 bits per heavy atom. The van der Waals surface area contributed by atoms with E-state index in [-0.39, 0.29) is 0 Å². The Morgan fingerprint density at radius 2 is 0.817 bits per heavy atom. The first-order valence-corrected chi connectivity index (χ1v) is 20.6. The van der Waals surface area contributed by atoms with Gasteiger partial charge in [-0.3, -0.25) is 0 Å². The van der Waals surface area contributed by atoms with E-state index in [9.17, 15) is 0 Å². The molecule has 0 aliphatic rings. The first-order valence-electron chi connectivity index (χ1n) is 20.6. The van der Waals surface area contributed by atoms with Crippen molar-refractivity contribution in [2.45, 2.75) is 0 Å². The molecule has 0 fully saturated rings. The zero-order valence-electron chi connectivity index (χ0n) is 32.7. The molecule has 0 atom stereocenters. The summed E-state index contributed by atoms with van der Waals surface area (Å²) in [7, 11) is 0. The third-order valence-electron chi connectivity index (χ3n) is 12.2. The van der Waals surface area contributed by atoms with Crippen molar-refractivity contribution >= 4 is 82.1 Å². The van der Waals surface area contributed by atoms with Gasteiger partial charge in [-0.15, -0.1) is 0 Å². The highest BCUT2D eigenvalue weighted by Crippen LogP contribution is 2.45. The minimum atomic E-state index is 0.866. The van der Waals surface area contributed by atoms with Crippen LogP contribution in [-0.4, -0.2) is 0 Å². The van der Waals surface area contributed by atoms with E-state index in [2.05, 4.69) is 223 Å². The van der Waals surface area contributed by atoms with Crippen molar-refractivity contribution in [1.82, 2.24) is 0 Å². The third-order valence-corrected chi connectivity index (χ3v) is 12.2. The van der Waals surface area contributed by atoms with Gasteiger partial charge in [-0.1, -0.05) is 170 Å². The predicted molar refractivity (Wildman–Crippen MR) is 255 cm³/mol. The second kappa shape index (κ2) is 13.9. The SMILES string of the molecule is c1cc(-c2cccc(N(c3ccc(-c4ccc5c6ccccc6c6ccccc6c5c4)cc3)c3cccc4oc5ccccc5c34)c2)cc(-c2cccc3ccccc23)c1. The molecule has 0 N–H and O–H groups in total. The van der Waals surface area contributed by atoms with Crippen LogP contribution in [0.3, 0.4) is 0 Å². The molecule has 0 bridgehead atoms. The van der Waals surface area contributed by atoms with E-state index < -0.39 is 0 Å². The summed E-state index contributed by atoms with van der Waals surface area (Å²) in [5.41, 5.74) is 12.1. The maximum atomic E-state index is 6.44. The maximum Gasteiger partial charge on any atom is 0.137 e. The van der Waals surface area contributed by atoms with E-state index in [1.807, 2.05) is 6.07 Å². The van der Waals surface area contributed by atoms with Crippen LogP contribution in [-0.2, 0) is 0 Å². The van der Waals surface area contributed by atoms with Crippen molar-refractivity contribution in [3.05, 3.63) is 224 Å². The predicted octanol–water partition coefficient (Wildman–Crippen LogP) is 16.7. The lowest BCUT2D eigenvalue weighted by atomic mass is 9.92. The molecule has 12 rings (SSSR count). The van der Waals surface area contributed by atoms with Crippen LogP contribution in [0.5, 0.6) is 0 Å². The molecule has 1 aromatic heterocycles. The molecule has 12 aromatic rings. The molecule has 2 nitrogen and oxygen atoms in total. The van der Waals surface area contributed by atoms with Crippen LogP contribution in [0.15, 0.2) is 229 Å². The molecule has 2 heteroatoms. The minimum absolute atomic E-state index is 0.866. The van der Waals surface area contributed by atoms with Crippen LogP contribution in [0.25, 0.3) is 98.4 Å². The molecule has 11 aromatic carbocycles. The molecular weight excluding hydrogens is 727 g/mol. The van der Waals surface area contributed by atoms with Crippen LogP contribution < -0.4 is 4.90 Å². The highest BCUT2D eigenvalue weighted by molar-refractivity contribution is 6.25. The van der Waals surface area contributed by atoms with Crippen LogP contribution in [0.2, 0.25) is 0 Å². The Hall–Kier alpha value is -7.94. The van der Waals surface area contributed by atoms with Crippen molar-refractivity contribution in [3.8, 4) is 33.4 Å². The van der Waals surface area contributed by atoms with E-state index in [4.69, 9.17) is 4.42 Å². The largest absolute Gasteiger partial charge is 0.456 e. The first-order chi connectivity index (χ1) is 29.7. The smallest absolute Gasteiger partial charge is 0.137 e. The highest BCUT2D eigenvalue weighted by Gasteiger charge is 2.20. The van der Waals surface area contributed by atoms with Gasteiger partial charge >= 0.3 is 0 Å². The van der Waals surface area contributed by atoms with Crippen LogP contribution in [0.4, 0.5) is 17.1 Å². The lowest BCUT2D eigenvalue weighted by Crippen LogP contribution is -2.10. The second-order valence-electron chi connectivity index (χ2n) is 15.6. The Bertz CT molecular complexity index is 3570. The summed E-state index contributed by atoms with van der Waals surface area (Å²) >= 11 is 0. The molecule has 0 amide bonds. The summed E-state index contributed by atoms with van der Waals surface area (Å²) in [6.07, 6.45) is 0. The maximum absolute atomic E-state index is 6.44. The molecule has 0 spiro atoms. The lowest BCUT2D eigenvalue weighted by molar-refractivity contribution is 0.669. The Labute approximate surface area is 347 Å². The van der Waals surface area contributed by atoms with Gasteiger partial charge in [0.25, 0.3) is 0 Å². The lowest BCUT2D eigenvalue weighted by Gasteiger charge is -2.27. The van der Waals surface area contributed by atoms with Crippen molar-refractivity contribution < 1.29 is 4.42 Å². The van der Waals surface area contributed by atoms with E-state index in [1.54, 1.807) is 0 Å². The summed E-state index contributed by atoms with van der Waals surface area (Å²) in [5.74, 6) is 0. The molecule has 0 unspecified atom stereocenters. The van der Waals surface area contributed by atoms with Crippen molar-refractivity contribution in [1.29, 1.82) is 0 Å². The van der Waals surface area contributed by atoms with Gasteiger partial charge in [-0.2, -0.15) is 0 Å². The summed E-state index contributed by atoms with van der Waals surface area (Å²) in [6.45, 7) is 0. The zero-order valence-corrected chi connectivity index (χ0v) is 32.7. The van der Waals surface area contributed by atoms with Crippen molar-refractivity contribution in [3.63, 3.8) is 0 Å². The summed E-state index contributed by atoms with van der Waals surface area (Å²) < 4.78 is 6.44. The van der Waals surface area contributed by atoms with E-state index in [1.165, 1.54) is 70.9 Å². The molecule has 0 aliphatic heterocycles. The van der Waals surface area contributed by atoms with Crippen molar-refractivity contribution in [2.75, 3.05) is 4.90 Å². The van der Waals surface area contributed by atoms with Gasteiger partial charge < -0.3 is 9.32 Å². The van der Waals surface area contributed by atoms with Gasteiger partial charge in [0.1, 0.15) is 11.2 Å². The third kappa shape index (κ3) is 5.57. The average Bonchev–Trinajstić information content (AvgIpc) is 3.71. The molecule has 0 radical (unpaired) electrons. The number of anilines is 3. The van der Waals surface area contributed by atoms with Gasteiger partial charge in [0.15, 0.2) is 0 Å². The van der Waals surface area contributed by atoms with Crippen molar-refractivity contribution in [2.24, 2.45) is 0 Å². The molecule has 1 heterocycles. The molecule has 280 valence electrons. The fraction of sp³-hybridized carbons (Fsp3) is 0.